The molecule has 0 atom stereocenters. The molecule has 0 saturated carbocycles. The van der Waals surface area contributed by atoms with Crippen molar-refractivity contribution < 1.29 is 8.42 Å². The fourth-order valence-electron chi connectivity index (χ4n) is 2.54. The van der Waals surface area contributed by atoms with Crippen LogP contribution in [0.25, 0.3) is 11.0 Å². The van der Waals surface area contributed by atoms with Gasteiger partial charge in [0.15, 0.2) is 0 Å². The van der Waals surface area contributed by atoms with E-state index in [4.69, 9.17) is 5.14 Å². The molecule has 0 aliphatic carbocycles. The van der Waals surface area contributed by atoms with Gasteiger partial charge in [-0.25, -0.2) is 10.1 Å². The number of H-pyrrole nitrogens is 1. The first kappa shape index (κ1) is 18.1. The van der Waals surface area contributed by atoms with Gasteiger partial charge in [-0.2, -0.15) is 12.7 Å². The molecule has 3 rings (SSSR count). The van der Waals surface area contributed by atoms with Crippen LogP contribution >= 0.6 is 0 Å². The maximum absolute atomic E-state index is 11.4. The van der Waals surface area contributed by atoms with Crippen LogP contribution in [-0.2, 0) is 16.6 Å². The molecule has 9 heteroatoms. The summed E-state index contributed by atoms with van der Waals surface area (Å²) in [6, 6.07) is 12.6. The van der Waals surface area contributed by atoms with Crippen molar-refractivity contribution in [3.8, 4) is 0 Å². The molecule has 8 nitrogen and oxygen atoms in total. The van der Waals surface area contributed by atoms with Gasteiger partial charge in [-0.1, -0.05) is 12.1 Å². The number of rotatable bonds is 6. The minimum atomic E-state index is -3.68. The Labute approximate surface area is 150 Å². The smallest absolute Gasteiger partial charge is 0.276 e. The van der Waals surface area contributed by atoms with Gasteiger partial charge in [0.2, 0.25) is 5.56 Å². The van der Waals surface area contributed by atoms with Crippen LogP contribution in [0.2, 0.25) is 0 Å². The zero-order chi connectivity index (χ0) is 18.7. The molecule has 0 aliphatic heterocycles. The molecule has 4 N–H and O–H groups in total. The highest BCUT2D eigenvalue weighted by Crippen LogP contribution is 2.24. The van der Waals surface area contributed by atoms with E-state index >= 15 is 0 Å². The molecule has 0 amide bonds. The standard InChI is InChI=1S/C17H19N5O3S/c1-22(26(18,24)25)10-8-12-3-2-4-13(11-12)20-15-7-9-19-17-14(15)5-6-16(23)21-17/h2-7,9,11H,8,10H2,1H3,(H2,18,24,25)(H2,19,20,21,23). The average molecular weight is 373 g/mol. The number of aromatic nitrogens is 2. The van der Waals surface area contributed by atoms with Crippen molar-refractivity contribution in [2.24, 2.45) is 5.14 Å². The molecule has 0 saturated heterocycles. The number of anilines is 2. The van der Waals surface area contributed by atoms with E-state index in [1.165, 1.54) is 13.1 Å². The van der Waals surface area contributed by atoms with Crippen LogP contribution in [0.5, 0.6) is 0 Å². The second-order valence-corrected chi connectivity index (χ2v) is 7.54. The first-order chi connectivity index (χ1) is 12.3. The summed E-state index contributed by atoms with van der Waals surface area (Å²) in [7, 11) is -2.23. The molecule has 0 radical (unpaired) electrons. The molecule has 0 bridgehead atoms. The highest BCUT2D eigenvalue weighted by Gasteiger charge is 2.11. The van der Waals surface area contributed by atoms with Crippen molar-refractivity contribution in [1.82, 2.24) is 14.3 Å². The van der Waals surface area contributed by atoms with Gasteiger partial charge in [-0.05, 0) is 36.2 Å². The number of nitrogens with one attached hydrogen (secondary N) is 2. The Bertz CT molecular complexity index is 1090. The van der Waals surface area contributed by atoms with Crippen LogP contribution < -0.4 is 16.0 Å². The van der Waals surface area contributed by atoms with E-state index < -0.39 is 10.2 Å². The lowest BCUT2D eigenvalue weighted by Gasteiger charge is -2.14. The Morgan fingerprint density at radius 3 is 2.81 bits per heavy atom. The molecule has 0 unspecified atom stereocenters. The third kappa shape index (κ3) is 4.26. The van der Waals surface area contributed by atoms with E-state index in [0.29, 0.717) is 18.6 Å². The van der Waals surface area contributed by atoms with E-state index in [-0.39, 0.29) is 5.56 Å². The van der Waals surface area contributed by atoms with Gasteiger partial charge in [0, 0.05) is 36.9 Å². The van der Waals surface area contributed by atoms with Crippen LogP contribution in [0.1, 0.15) is 5.56 Å². The van der Waals surface area contributed by atoms with Crippen molar-refractivity contribution in [3.63, 3.8) is 0 Å². The lowest BCUT2D eigenvalue weighted by molar-refractivity contribution is 0.474. The summed E-state index contributed by atoms with van der Waals surface area (Å²) in [6.07, 6.45) is 2.15. The summed E-state index contributed by atoms with van der Waals surface area (Å²) in [6.45, 7) is 0.293. The summed E-state index contributed by atoms with van der Waals surface area (Å²) in [5.74, 6) is 0. The Balaban J connectivity index is 1.80. The van der Waals surface area contributed by atoms with Crippen LogP contribution in [0, 0.1) is 0 Å². The monoisotopic (exact) mass is 373 g/mol. The predicted octanol–water partition coefficient (Wildman–Crippen LogP) is 1.34. The van der Waals surface area contributed by atoms with Crippen LogP contribution in [0.15, 0.2) is 53.5 Å². The second-order valence-electron chi connectivity index (χ2n) is 5.89. The van der Waals surface area contributed by atoms with E-state index in [9.17, 15) is 13.2 Å². The second kappa shape index (κ2) is 7.24. The lowest BCUT2D eigenvalue weighted by Crippen LogP contribution is -2.34. The van der Waals surface area contributed by atoms with E-state index in [2.05, 4.69) is 15.3 Å². The topological polar surface area (TPSA) is 121 Å². The van der Waals surface area contributed by atoms with Crippen molar-refractivity contribution >= 4 is 32.6 Å². The third-order valence-electron chi connectivity index (χ3n) is 3.99. The number of fused-ring (bicyclic) bond motifs is 1. The Morgan fingerprint density at radius 1 is 1.23 bits per heavy atom. The summed E-state index contributed by atoms with van der Waals surface area (Å²) >= 11 is 0. The SMILES string of the molecule is CN(CCc1cccc(Nc2ccnc3[nH]c(=O)ccc23)c1)S(N)(=O)=O. The zero-order valence-corrected chi connectivity index (χ0v) is 15.0. The molecule has 0 spiro atoms. The Kier molecular flexibility index (Phi) is 5.03. The zero-order valence-electron chi connectivity index (χ0n) is 14.1. The molecular formula is C17H19N5O3S. The number of benzene rings is 1. The molecule has 2 aromatic heterocycles. The largest absolute Gasteiger partial charge is 0.355 e. The Morgan fingerprint density at radius 2 is 2.04 bits per heavy atom. The van der Waals surface area contributed by atoms with Crippen LogP contribution in [0.4, 0.5) is 11.4 Å². The molecule has 136 valence electrons. The molecule has 26 heavy (non-hydrogen) atoms. The summed E-state index contributed by atoms with van der Waals surface area (Å²) in [4.78, 5) is 18.3. The predicted molar refractivity (Wildman–Crippen MR) is 102 cm³/mol. The number of nitrogens with zero attached hydrogens (tertiary/aromatic N) is 2. The quantitative estimate of drug-likeness (QED) is 0.602. The number of hydrogen-bond acceptors (Lipinski definition) is 5. The number of hydrogen-bond donors (Lipinski definition) is 3. The number of nitrogens with two attached hydrogens (primary N) is 1. The van der Waals surface area contributed by atoms with Gasteiger partial charge in [-0.15, -0.1) is 0 Å². The van der Waals surface area contributed by atoms with Crippen LogP contribution in [0.3, 0.4) is 0 Å². The maximum atomic E-state index is 11.4. The van der Waals surface area contributed by atoms with Gasteiger partial charge in [0.1, 0.15) is 5.65 Å². The van der Waals surface area contributed by atoms with Gasteiger partial charge in [0.05, 0.1) is 5.69 Å². The molecule has 3 aromatic rings. The van der Waals surface area contributed by atoms with Crippen molar-refractivity contribution in [2.75, 3.05) is 18.9 Å². The number of likely N-dealkylation sites (N-methyl/N-ethyl adjacent to an activating group) is 1. The number of aromatic amines is 1. The number of pyridine rings is 2. The van der Waals surface area contributed by atoms with E-state index in [1.807, 2.05) is 30.3 Å². The average Bonchev–Trinajstić information content (AvgIpc) is 2.59. The van der Waals surface area contributed by atoms with Gasteiger partial charge >= 0.3 is 0 Å². The summed E-state index contributed by atoms with van der Waals surface area (Å²) in [5.41, 5.74) is 2.93. The minimum Gasteiger partial charge on any atom is -0.355 e. The van der Waals surface area contributed by atoms with Crippen LogP contribution in [-0.4, -0.2) is 36.3 Å². The van der Waals surface area contributed by atoms with Crippen molar-refractivity contribution in [2.45, 2.75) is 6.42 Å². The van der Waals surface area contributed by atoms with Gasteiger partial charge in [0.25, 0.3) is 10.2 Å². The highest BCUT2D eigenvalue weighted by atomic mass is 32.2. The van der Waals surface area contributed by atoms with Crippen molar-refractivity contribution in [3.05, 3.63) is 64.6 Å². The third-order valence-corrected chi connectivity index (χ3v) is 5.04. The normalized spacial score (nSPS) is 11.8. The molecular weight excluding hydrogens is 354 g/mol. The van der Waals surface area contributed by atoms with Gasteiger partial charge in [-0.3, -0.25) is 4.79 Å². The van der Waals surface area contributed by atoms with E-state index in [1.54, 1.807) is 12.3 Å². The summed E-state index contributed by atoms with van der Waals surface area (Å²) < 4.78 is 23.6. The fourth-order valence-corrected chi connectivity index (χ4v) is 2.89. The van der Waals surface area contributed by atoms with Gasteiger partial charge < -0.3 is 10.3 Å². The maximum Gasteiger partial charge on any atom is 0.276 e. The molecule has 0 aliphatic rings. The first-order valence-electron chi connectivity index (χ1n) is 7.91. The first-order valence-corrected chi connectivity index (χ1v) is 9.41. The van der Waals surface area contributed by atoms with E-state index in [0.717, 1.165) is 26.6 Å². The fraction of sp³-hybridized carbons (Fsp3) is 0.176. The van der Waals surface area contributed by atoms with Crippen molar-refractivity contribution in [1.29, 1.82) is 0 Å². The molecule has 1 aromatic carbocycles. The summed E-state index contributed by atoms with van der Waals surface area (Å²) in [5, 5.41) is 9.20. The molecule has 2 heterocycles. The Hall–Kier alpha value is -2.75. The minimum absolute atomic E-state index is 0.205. The lowest BCUT2D eigenvalue weighted by atomic mass is 10.1. The highest BCUT2D eigenvalue weighted by molar-refractivity contribution is 7.86. The molecule has 0 fully saturated rings.